The summed E-state index contributed by atoms with van der Waals surface area (Å²) in [4.78, 5) is 18.0. The predicted octanol–water partition coefficient (Wildman–Crippen LogP) is 4.58. The van der Waals surface area contributed by atoms with Gasteiger partial charge in [0.05, 0.1) is 10.8 Å². The van der Waals surface area contributed by atoms with Crippen LogP contribution in [0.2, 0.25) is 0 Å². The average Bonchev–Trinajstić information content (AvgIpc) is 3.56. The van der Waals surface area contributed by atoms with Gasteiger partial charge < -0.3 is 10.3 Å². The van der Waals surface area contributed by atoms with Gasteiger partial charge in [0.15, 0.2) is 0 Å². The molecule has 4 aromatic rings. The van der Waals surface area contributed by atoms with Gasteiger partial charge in [-0.2, -0.15) is 4.31 Å². The molecule has 6 nitrogen and oxygen atoms in total. The minimum absolute atomic E-state index is 0.0212. The molecule has 1 aliphatic rings. The van der Waals surface area contributed by atoms with Crippen molar-refractivity contribution in [1.82, 2.24) is 14.6 Å². The van der Waals surface area contributed by atoms with E-state index in [0.29, 0.717) is 25.9 Å². The maximum Gasteiger partial charge on any atom is 0.243 e. The summed E-state index contributed by atoms with van der Waals surface area (Å²) in [7, 11) is -3.60. The van der Waals surface area contributed by atoms with Crippen molar-refractivity contribution >= 4 is 38.2 Å². The SMILES string of the molecule is O=C(NCC(c1cccs1)c1c[nH]c2ccccc12)C1CCCN(S(=O)(=O)c2ccccc2)C1. The first-order chi connectivity index (χ1) is 16.5. The second-order valence-corrected chi connectivity index (χ2v) is 11.5. The number of fused-ring (bicyclic) bond motifs is 1. The molecule has 176 valence electrons. The monoisotopic (exact) mass is 493 g/mol. The van der Waals surface area contributed by atoms with Crippen LogP contribution in [0.5, 0.6) is 0 Å². The number of thiophene rings is 1. The Kier molecular flexibility index (Phi) is 6.54. The summed E-state index contributed by atoms with van der Waals surface area (Å²) < 4.78 is 27.5. The molecule has 34 heavy (non-hydrogen) atoms. The van der Waals surface area contributed by atoms with Crippen LogP contribution in [0.25, 0.3) is 10.9 Å². The fourth-order valence-electron chi connectivity index (χ4n) is 4.70. The molecule has 0 aliphatic carbocycles. The Morgan fingerprint density at radius 2 is 1.88 bits per heavy atom. The van der Waals surface area contributed by atoms with Crippen LogP contribution in [0.15, 0.2) is 83.2 Å². The van der Waals surface area contributed by atoms with Gasteiger partial charge in [0.1, 0.15) is 0 Å². The van der Waals surface area contributed by atoms with Crippen molar-refractivity contribution < 1.29 is 13.2 Å². The molecule has 1 aliphatic heterocycles. The summed E-state index contributed by atoms with van der Waals surface area (Å²) in [5.41, 5.74) is 2.22. The first kappa shape index (κ1) is 22.8. The Morgan fingerprint density at radius 1 is 1.09 bits per heavy atom. The molecule has 0 radical (unpaired) electrons. The number of sulfonamides is 1. The van der Waals surface area contributed by atoms with E-state index >= 15 is 0 Å². The van der Waals surface area contributed by atoms with Gasteiger partial charge >= 0.3 is 0 Å². The van der Waals surface area contributed by atoms with Crippen molar-refractivity contribution in [2.45, 2.75) is 23.7 Å². The second-order valence-electron chi connectivity index (χ2n) is 8.62. The molecule has 1 fully saturated rings. The minimum Gasteiger partial charge on any atom is -0.361 e. The quantitative estimate of drug-likeness (QED) is 0.395. The maximum atomic E-state index is 13.2. The van der Waals surface area contributed by atoms with Gasteiger partial charge in [0.25, 0.3) is 0 Å². The number of H-pyrrole nitrogens is 1. The summed E-state index contributed by atoms with van der Waals surface area (Å²) in [6.45, 7) is 1.11. The molecule has 3 heterocycles. The Balaban J connectivity index is 1.31. The summed E-state index contributed by atoms with van der Waals surface area (Å²) in [6.07, 6.45) is 3.38. The third kappa shape index (κ3) is 4.53. The zero-order valence-corrected chi connectivity index (χ0v) is 20.3. The van der Waals surface area contributed by atoms with E-state index in [2.05, 4.69) is 22.4 Å². The molecule has 0 spiro atoms. The number of carbonyl (C=O) groups excluding carboxylic acids is 1. The maximum absolute atomic E-state index is 13.2. The molecule has 0 bridgehead atoms. The van der Waals surface area contributed by atoms with Crippen molar-refractivity contribution in [2.24, 2.45) is 5.92 Å². The van der Waals surface area contributed by atoms with Crippen LogP contribution >= 0.6 is 11.3 Å². The average molecular weight is 494 g/mol. The van der Waals surface area contributed by atoms with Crippen LogP contribution < -0.4 is 5.32 Å². The number of amides is 1. The fourth-order valence-corrected chi connectivity index (χ4v) is 7.09. The molecule has 2 unspecified atom stereocenters. The highest BCUT2D eigenvalue weighted by atomic mass is 32.2. The molecule has 0 saturated carbocycles. The number of benzene rings is 2. The van der Waals surface area contributed by atoms with E-state index < -0.39 is 10.0 Å². The van der Waals surface area contributed by atoms with Gasteiger partial charge in [0.2, 0.25) is 15.9 Å². The molecule has 2 N–H and O–H groups in total. The fraction of sp³-hybridized carbons (Fsp3) is 0.269. The van der Waals surface area contributed by atoms with E-state index in [9.17, 15) is 13.2 Å². The van der Waals surface area contributed by atoms with E-state index in [1.807, 2.05) is 35.8 Å². The number of carbonyl (C=O) groups is 1. The Morgan fingerprint density at radius 3 is 2.68 bits per heavy atom. The highest BCUT2D eigenvalue weighted by Gasteiger charge is 2.33. The lowest BCUT2D eigenvalue weighted by Crippen LogP contribution is -2.46. The smallest absolute Gasteiger partial charge is 0.243 e. The van der Waals surface area contributed by atoms with Crippen LogP contribution in [0.1, 0.15) is 29.2 Å². The molecular weight excluding hydrogens is 466 g/mol. The molecule has 1 amide bonds. The predicted molar refractivity (Wildman–Crippen MR) is 135 cm³/mol. The molecular formula is C26H27N3O3S2. The normalized spacial score (nSPS) is 18.1. The van der Waals surface area contributed by atoms with Crippen molar-refractivity contribution in [1.29, 1.82) is 0 Å². The van der Waals surface area contributed by atoms with Crippen molar-refractivity contribution in [3.63, 3.8) is 0 Å². The number of piperidine rings is 1. The van der Waals surface area contributed by atoms with Gasteiger partial charge in [-0.1, -0.05) is 42.5 Å². The van der Waals surface area contributed by atoms with Gasteiger partial charge in [0, 0.05) is 47.5 Å². The van der Waals surface area contributed by atoms with Crippen LogP contribution in [0.4, 0.5) is 0 Å². The van der Waals surface area contributed by atoms with E-state index in [-0.39, 0.29) is 29.2 Å². The molecule has 2 aromatic carbocycles. The molecule has 2 aromatic heterocycles. The Labute approximate surface area is 203 Å². The number of aromatic amines is 1. The number of aromatic nitrogens is 1. The molecule has 5 rings (SSSR count). The number of hydrogen-bond donors (Lipinski definition) is 2. The second kappa shape index (κ2) is 9.74. The minimum atomic E-state index is -3.60. The summed E-state index contributed by atoms with van der Waals surface area (Å²) >= 11 is 1.67. The van der Waals surface area contributed by atoms with Crippen molar-refractivity contribution in [3.05, 3.63) is 88.7 Å². The third-order valence-electron chi connectivity index (χ3n) is 6.50. The van der Waals surface area contributed by atoms with E-state index in [4.69, 9.17) is 0 Å². The summed E-state index contributed by atoms with van der Waals surface area (Å²) in [6, 6.07) is 20.7. The summed E-state index contributed by atoms with van der Waals surface area (Å²) in [5.74, 6) is -0.429. The third-order valence-corrected chi connectivity index (χ3v) is 9.36. The van der Waals surface area contributed by atoms with Crippen molar-refractivity contribution in [3.8, 4) is 0 Å². The van der Waals surface area contributed by atoms with E-state index in [1.54, 1.807) is 41.7 Å². The number of rotatable bonds is 7. The zero-order chi connectivity index (χ0) is 23.5. The molecule has 2 atom stereocenters. The van der Waals surface area contributed by atoms with E-state index in [0.717, 1.165) is 16.5 Å². The lowest BCUT2D eigenvalue weighted by molar-refractivity contribution is -0.126. The molecule has 8 heteroatoms. The largest absolute Gasteiger partial charge is 0.361 e. The van der Waals surface area contributed by atoms with Gasteiger partial charge in [-0.25, -0.2) is 8.42 Å². The number of hydrogen-bond acceptors (Lipinski definition) is 4. The first-order valence-corrected chi connectivity index (χ1v) is 13.8. The number of nitrogens with one attached hydrogen (secondary N) is 2. The van der Waals surface area contributed by atoms with Crippen LogP contribution in [0.3, 0.4) is 0 Å². The highest BCUT2D eigenvalue weighted by molar-refractivity contribution is 7.89. The Bertz CT molecular complexity index is 1360. The van der Waals surface area contributed by atoms with E-state index in [1.165, 1.54) is 9.18 Å². The number of nitrogens with zero attached hydrogens (tertiary/aromatic N) is 1. The lowest BCUT2D eigenvalue weighted by Gasteiger charge is -2.31. The van der Waals surface area contributed by atoms with Crippen molar-refractivity contribution in [2.75, 3.05) is 19.6 Å². The first-order valence-electron chi connectivity index (χ1n) is 11.5. The van der Waals surface area contributed by atoms with Gasteiger partial charge in [-0.3, -0.25) is 4.79 Å². The zero-order valence-electron chi connectivity index (χ0n) is 18.7. The van der Waals surface area contributed by atoms with Crippen LogP contribution in [-0.2, 0) is 14.8 Å². The highest BCUT2D eigenvalue weighted by Crippen LogP contribution is 2.33. The molecule has 1 saturated heterocycles. The number of para-hydroxylation sites is 1. The Hall–Kier alpha value is -2.94. The topological polar surface area (TPSA) is 82.3 Å². The van der Waals surface area contributed by atoms with Gasteiger partial charge in [-0.15, -0.1) is 11.3 Å². The van der Waals surface area contributed by atoms with Crippen LogP contribution in [0, 0.1) is 5.92 Å². The lowest BCUT2D eigenvalue weighted by atomic mass is 9.95. The summed E-state index contributed by atoms with van der Waals surface area (Å²) in [5, 5.41) is 6.33. The van der Waals surface area contributed by atoms with Crippen LogP contribution in [-0.4, -0.2) is 43.2 Å². The standard InChI is InChI=1S/C26H27N3O3S2/c30-26(19-8-6-14-29(18-19)34(31,32)20-9-2-1-3-10-20)28-17-23(25-13-7-15-33-25)22-16-27-24-12-5-4-11-21(22)24/h1-5,7,9-13,15-16,19,23,27H,6,8,14,17-18H2,(H,28,30). The van der Waals surface area contributed by atoms with Gasteiger partial charge in [-0.05, 0) is 48.1 Å².